The zero-order valence-corrected chi connectivity index (χ0v) is 21.5. The molecular formula is C24H24Cl2N2O8. The molecule has 0 bridgehead atoms. The van der Waals surface area contributed by atoms with Crippen molar-refractivity contribution in [3.8, 4) is 11.5 Å². The Bertz CT molecular complexity index is 1150. The number of carbonyl (C=O) groups is 4. The lowest BCUT2D eigenvalue weighted by Gasteiger charge is -2.24. The molecule has 1 heterocycles. The van der Waals surface area contributed by atoms with Crippen molar-refractivity contribution in [3.63, 3.8) is 0 Å². The fraction of sp³-hybridized carbons (Fsp3) is 0.333. The zero-order valence-electron chi connectivity index (χ0n) is 20.0. The van der Waals surface area contributed by atoms with Gasteiger partial charge in [0.25, 0.3) is 0 Å². The van der Waals surface area contributed by atoms with Gasteiger partial charge in [0, 0.05) is 37.8 Å². The minimum Gasteiger partial charge on any atom is -0.492 e. The summed E-state index contributed by atoms with van der Waals surface area (Å²) < 4.78 is 21.8. The third-order valence-corrected chi connectivity index (χ3v) is 5.87. The number of carbonyl (C=O) groups excluding carboxylic acids is 4. The van der Waals surface area contributed by atoms with E-state index in [1.165, 1.54) is 40.2 Å². The van der Waals surface area contributed by atoms with Crippen LogP contribution in [-0.2, 0) is 31.9 Å². The van der Waals surface area contributed by atoms with Crippen LogP contribution in [0.4, 0.5) is 11.4 Å². The second-order valence-electron chi connectivity index (χ2n) is 7.72. The van der Waals surface area contributed by atoms with E-state index in [9.17, 15) is 19.2 Å². The summed E-state index contributed by atoms with van der Waals surface area (Å²) in [5.41, 5.74) is 1.49. The molecule has 0 radical (unpaired) electrons. The van der Waals surface area contributed by atoms with Crippen LogP contribution in [0.3, 0.4) is 0 Å². The van der Waals surface area contributed by atoms with Crippen LogP contribution in [0.25, 0.3) is 0 Å². The maximum Gasteiger partial charge on any atom is 0.341 e. The van der Waals surface area contributed by atoms with Gasteiger partial charge in [-0.25, -0.2) is 9.59 Å². The van der Waals surface area contributed by atoms with Gasteiger partial charge in [-0.05, 0) is 12.1 Å². The normalized spacial score (nSPS) is 12.6. The van der Waals surface area contributed by atoms with Gasteiger partial charge in [-0.3, -0.25) is 9.59 Å². The predicted molar refractivity (Wildman–Crippen MR) is 133 cm³/mol. The summed E-state index contributed by atoms with van der Waals surface area (Å²) in [5, 5.41) is 5.56. The molecule has 0 aliphatic carbocycles. The number of ether oxygens (including phenoxy) is 4. The number of halogens is 2. The first-order valence-corrected chi connectivity index (χ1v) is 11.5. The molecule has 3 rings (SSSR count). The molecule has 0 saturated carbocycles. The van der Waals surface area contributed by atoms with Crippen molar-refractivity contribution in [1.29, 1.82) is 0 Å². The molecule has 192 valence electrons. The molecule has 36 heavy (non-hydrogen) atoms. The number of rotatable bonds is 4. The summed E-state index contributed by atoms with van der Waals surface area (Å²) in [6.07, 6.45) is 0.237. The number of anilines is 2. The van der Waals surface area contributed by atoms with E-state index in [2.05, 4.69) is 10.6 Å². The third kappa shape index (κ3) is 5.66. The van der Waals surface area contributed by atoms with E-state index in [1.54, 1.807) is 0 Å². The van der Waals surface area contributed by atoms with E-state index in [0.29, 0.717) is 11.1 Å². The fourth-order valence-electron chi connectivity index (χ4n) is 3.83. The molecule has 0 unspecified atom stereocenters. The highest BCUT2D eigenvalue weighted by Crippen LogP contribution is 2.41. The third-order valence-electron chi connectivity index (χ3n) is 5.27. The minimum absolute atomic E-state index is 0.0258. The number of esters is 2. The van der Waals surface area contributed by atoms with E-state index in [-0.39, 0.29) is 81.9 Å². The first-order chi connectivity index (χ1) is 17.1. The van der Waals surface area contributed by atoms with Gasteiger partial charge in [0.2, 0.25) is 11.8 Å². The van der Waals surface area contributed by atoms with E-state index in [0.717, 1.165) is 0 Å². The number of amides is 2. The van der Waals surface area contributed by atoms with E-state index in [4.69, 9.17) is 42.1 Å². The van der Waals surface area contributed by atoms with Crippen molar-refractivity contribution in [2.75, 3.05) is 38.1 Å². The number of hydrogen-bond donors (Lipinski definition) is 2. The summed E-state index contributed by atoms with van der Waals surface area (Å²) in [6, 6.07) is 2.71. The molecule has 1 aliphatic rings. The molecule has 10 nitrogen and oxygen atoms in total. The Morgan fingerprint density at radius 3 is 1.42 bits per heavy atom. The van der Waals surface area contributed by atoms with Crippen LogP contribution in [-0.4, -0.2) is 51.2 Å². The van der Waals surface area contributed by atoms with Gasteiger partial charge < -0.3 is 29.6 Å². The average Bonchev–Trinajstić information content (AvgIpc) is 2.83. The lowest BCUT2D eigenvalue weighted by Crippen LogP contribution is -2.20. The van der Waals surface area contributed by atoms with Gasteiger partial charge in [0.1, 0.15) is 22.6 Å². The summed E-state index contributed by atoms with van der Waals surface area (Å²) in [7, 11) is 2.44. The van der Waals surface area contributed by atoms with Crippen LogP contribution in [0.5, 0.6) is 11.5 Å². The summed E-state index contributed by atoms with van der Waals surface area (Å²) >= 11 is 12.8. The standard InChI is InChI=1S/C24H24Cl2N2O8/c1-11(29)27-19-13-5-7-36-22-14(6-8-35-21(13)15(9-17(19)25)23(31)33-3)20(28-12(2)30)18(26)10-16(22)24(32)34-4/h9-10H,5-8H2,1-4H3,(H,27,29)(H,28,30). The SMILES string of the molecule is COC(=O)c1cc(Cl)c(NC(C)=O)c2c1OCCc1c(NC(C)=O)c(Cl)cc(C(=O)OC)c1OCC2. The monoisotopic (exact) mass is 538 g/mol. The zero-order chi connectivity index (χ0) is 26.6. The molecule has 2 aromatic rings. The number of nitrogens with one attached hydrogen (secondary N) is 2. The van der Waals surface area contributed by atoms with Gasteiger partial charge in [0.15, 0.2) is 0 Å². The Labute approximate surface area is 217 Å². The van der Waals surface area contributed by atoms with E-state index >= 15 is 0 Å². The van der Waals surface area contributed by atoms with Gasteiger partial charge >= 0.3 is 11.9 Å². The molecule has 0 atom stereocenters. The maximum absolute atomic E-state index is 12.5. The van der Waals surface area contributed by atoms with Crippen LogP contribution >= 0.6 is 23.2 Å². The van der Waals surface area contributed by atoms with Crippen molar-refractivity contribution < 1.29 is 38.1 Å². The second kappa shape index (κ2) is 11.5. The van der Waals surface area contributed by atoms with Crippen LogP contribution < -0.4 is 20.1 Å². The van der Waals surface area contributed by atoms with Crippen LogP contribution in [0.15, 0.2) is 12.1 Å². The molecule has 2 aromatic carbocycles. The molecule has 0 fully saturated rings. The number of benzene rings is 2. The molecule has 0 saturated heterocycles. The quantitative estimate of drug-likeness (QED) is 0.558. The van der Waals surface area contributed by atoms with Crippen molar-refractivity contribution in [2.45, 2.75) is 26.7 Å². The molecule has 1 aliphatic heterocycles. The Morgan fingerprint density at radius 2 is 1.11 bits per heavy atom. The largest absolute Gasteiger partial charge is 0.492 e. The van der Waals surface area contributed by atoms with Crippen molar-refractivity contribution in [1.82, 2.24) is 0 Å². The van der Waals surface area contributed by atoms with Crippen molar-refractivity contribution >= 4 is 58.3 Å². The lowest BCUT2D eigenvalue weighted by molar-refractivity contribution is -0.115. The number of fused-ring (bicyclic) bond motifs is 2. The smallest absolute Gasteiger partial charge is 0.341 e. The van der Waals surface area contributed by atoms with E-state index in [1.807, 2.05) is 0 Å². The Morgan fingerprint density at radius 1 is 0.750 bits per heavy atom. The average molecular weight is 539 g/mol. The number of methoxy groups -OCH3 is 2. The van der Waals surface area contributed by atoms with Crippen LogP contribution in [0.1, 0.15) is 45.7 Å². The molecule has 0 spiro atoms. The van der Waals surface area contributed by atoms with Crippen molar-refractivity contribution in [3.05, 3.63) is 44.4 Å². The summed E-state index contributed by atoms with van der Waals surface area (Å²) in [4.78, 5) is 48.7. The molecule has 2 N–H and O–H groups in total. The predicted octanol–water partition coefficient (Wildman–Crippen LogP) is 4.04. The molecule has 12 heteroatoms. The maximum atomic E-state index is 12.5. The van der Waals surface area contributed by atoms with Gasteiger partial charge in [-0.1, -0.05) is 23.2 Å². The van der Waals surface area contributed by atoms with Gasteiger partial charge in [0.05, 0.1) is 48.9 Å². The Balaban J connectivity index is 2.18. The van der Waals surface area contributed by atoms with Crippen LogP contribution in [0, 0.1) is 0 Å². The molecular weight excluding hydrogens is 515 g/mol. The molecule has 0 aromatic heterocycles. The molecule has 2 amide bonds. The lowest BCUT2D eigenvalue weighted by atomic mass is 10.0. The van der Waals surface area contributed by atoms with E-state index < -0.39 is 11.9 Å². The highest BCUT2D eigenvalue weighted by atomic mass is 35.5. The number of hydrogen-bond acceptors (Lipinski definition) is 8. The topological polar surface area (TPSA) is 129 Å². The fourth-order valence-corrected chi connectivity index (χ4v) is 4.37. The Hall–Kier alpha value is -3.50. The van der Waals surface area contributed by atoms with Gasteiger partial charge in [-0.2, -0.15) is 0 Å². The Kier molecular flexibility index (Phi) is 8.65. The first kappa shape index (κ1) is 27.1. The van der Waals surface area contributed by atoms with Crippen molar-refractivity contribution in [2.24, 2.45) is 0 Å². The highest BCUT2D eigenvalue weighted by molar-refractivity contribution is 6.35. The highest BCUT2D eigenvalue weighted by Gasteiger charge is 2.28. The summed E-state index contributed by atoms with van der Waals surface area (Å²) in [6.45, 7) is 2.59. The van der Waals surface area contributed by atoms with Gasteiger partial charge in [-0.15, -0.1) is 0 Å². The first-order valence-electron chi connectivity index (χ1n) is 10.8. The van der Waals surface area contributed by atoms with Crippen LogP contribution in [0.2, 0.25) is 10.0 Å². The second-order valence-corrected chi connectivity index (χ2v) is 8.53. The summed E-state index contributed by atoms with van der Waals surface area (Å²) in [5.74, 6) is -1.80. The minimum atomic E-state index is -0.684.